The molecule has 65 heavy (non-hydrogen) atoms. The van der Waals surface area contributed by atoms with Crippen molar-refractivity contribution < 1.29 is 28.6 Å². The predicted octanol–water partition coefficient (Wildman–Crippen LogP) is 17.8. The van der Waals surface area contributed by atoms with E-state index in [1.54, 1.807) is 0 Å². The van der Waals surface area contributed by atoms with Gasteiger partial charge in [0.15, 0.2) is 6.10 Å². The van der Waals surface area contributed by atoms with Crippen LogP contribution in [0.2, 0.25) is 0 Å². The fourth-order valence-electron chi connectivity index (χ4n) is 7.03. The Balaban J connectivity index is 4.52. The van der Waals surface area contributed by atoms with Gasteiger partial charge >= 0.3 is 17.9 Å². The summed E-state index contributed by atoms with van der Waals surface area (Å²) in [6.07, 6.45) is 69.6. The van der Waals surface area contributed by atoms with Crippen molar-refractivity contribution in [3.8, 4) is 0 Å². The average Bonchev–Trinajstić information content (AvgIpc) is 3.30. The molecule has 0 saturated carbocycles. The van der Waals surface area contributed by atoms with Gasteiger partial charge in [0.25, 0.3) is 0 Å². The molecule has 0 unspecified atom stereocenters. The molecule has 0 aliphatic carbocycles. The number of rotatable bonds is 47. The van der Waals surface area contributed by atoms with Crippen molar-refractivity contribution in [2.24, 2.45) is 0 Å². The van der Waals surface area contributed by atoms with E-state index in [0.717, 1.165) is 122 Å². The molecule has 0 aromatic rings. The van der Waals surface area contributed by atoms with Gasteiger partial charge in [-0.1, -0.05) is 201 Å². The topological polar surface area (TPSA) is 78.9 Å². The normalized spacial score (nSPS) is 12.8. The zero-order chi connectivity index (χ0) is 47.2. The summed E-state index contributed by atoms with van der Waals surface area (Å²) in [6.45, 7) is 6.42. The van der Waals surface area contributed by atoms with Gasteiger partial charge in [0.05, 0.1) is 0 Å². The van der Waals surface area contributed by atoms with Crippen LogP contribution < -0.4 is 0 Å². The van der Waals surface area contributed by atoms with Gasteiger partial charge in [0, 0.05) is 19.3 Å². The highest BCUT2D eigenvalue weighted by Gasteiger charge is 2.19. The second-order valence-electron chi connectivity index (χ2n) is 17.4. The summed E-state index contributed by atoms with van der Waals surface area (Å²) < 4.78 is 16.7. The Morgan fingerprint density at radius 1 is 0.323 bits per heavy atom. The molecule has 0 fully saturated rings. The zero-order valence-corrected chi connectivity index (χ0v) is 42.2. The highest BCUT2D eigenvalue weighted by molar-refractivity contribution is 5.71. The molecule has 370 valence electrons. The molecule has 0 radical (unpaired) electrons. The van der Waals surface area contributed by atoms with Gasteiger partial charge in [-0.25, -0.2) is 0 Å². The smallest absolute Gasteiger partial charge is 0.306 e. The molecule has 0 aliphatic heterocycles. The summed E-state index contributed by atoms with van der Waals surface area (Å²) in [5, 5.41) is 0. The monoisotopic (exact) mass is 903 g/mol. The summed E-state index contributed by atoms with van der Waals surface area (Å²) >= 11 is 0. The Labute approximate surface area is 400 Å². The van der Waals surface area contributed by atoms with Gasteiger partial charge in [-0.05, 0) is 116 Å². The van der Waals surface area contributed by atoms with E-state index in [2.05, 4.69) is 118 Å². The van der Waals surface area contributed by atoms with Crippen LogP contribution in [0.4, 0.5) is 0 Å². The minimum absolute atomic E-state index is 0.109. The zero-order valence-electron chi connectivity index (χ0n) is 42.2. The first-order valence-electron chi connectivity index (χ1n) is 26.7. The lowest BCUT2D eigenvalue weighted by molar-refractivity contribution is -0.167. The van der Waals surface area contributed by atoms with E-state index in [0.29, 0.717) is 19.3 Å². The Kier molecular flexibility index (Phi) is 50.0. The lowest BCUT2D eigenvalue weighted by atomic mass is 10.1. The molecule has 0 aliphatic rings. The number of ether oxygens (including phenoxy) is 3. The molecule has 6 heteroatoms. The van der Waals surface area contributed by atoms with Gasteiger partial charge in [-0.3, -0.25) is 14.4 Å². The number of carbonyl (C=O) groups excluding carboxylic acids is 3. The standard InChI is InChI=1S/C59H98O6/c1-4-7-10-13-16-19-22-25-28-29-32-34-37-40-43-46-49-52-58(61)64-55-56(65-59(62)53-50-47-44-41-38-35-31-27-24-21-18-15-12-9-6-3)54-63-57(60)51-48-45-42-39-36-33-30-26-23-20-17-14-11-8-5-2/h9,12,17-18,20-21,25-28,30-32,34,40,43,56H,4-8,10-11,13-16,19,22-24,29,33,35-39,41-42,44-55H2,1-3H3/b12-9-,20-17-,21-18-,28-25-,30-26-,31-27-,34-32-,43-40-/t56-/m1/s1. The van der Waals surface area contributed by atoms with Crippen LogP contribution in [0.25, 0.3) is 0 Å². The van der Waals surface area contributed by atoms with Crippen molar-refractivity contribution in [1.29, 1.82) is 0 Å². The summed E-state index contributed by atoms with van der Waals surface area (Å²) in [7, 11) is 0. The van der Waals surface area contributed by atoms with Crippen LogP contribution in [-0.4, -0.2) is 37.2 Å². The van der Waals surface area contributed by atoms with Crippen molar-refractivity contribution in [3.63, 3.8) is 0 Å². The third-order valence-corrected chi connectivity index (χ3v) is 11.0. The Bertz CT molecular complexity index is 1310. The number of unbranched alkanes of at least 4 members (excludes halogenated alkanes) is 20. The number of esters is 3. The number of hydrogen-bond acceptors (Lipinski definition) is 6. The molecule has 0 bridgehead atoms. The largest absolute Gasteiger partial charge is 0.462 e. The van der Waals surface area contributed by atoms with Crippen molar-refractivity contribution in [3.05, 3.63) is 97.2 Å². The Morgan fingerprint density at radius 2 is 0.615 bits per heavy atom. The molecule has 6 nitrogen and oxygen atoms in total. The molecule has 0 aromatic heterocycles. The summed E-state index contributed by atoms with van der Waals surface area (Å²) in [5.41, 5.74) is 0. The number of allylic oxidation sites excluding steroid dienone is 16. The average molecular weight is 903 g/mol. The maximum atomic E-state index is 12.8. The molecule has 0 aromatic carbocycles. The van der Waals surface area contributed by atoms with Gasteiger partial charge in [-0.2, -0.15) is 0 Å². The lowest BCUT2D eigenvalue weighted by Crippen LogP contribution is -2.30. The van der Waals surface area contributed by atoms with Crippen molar-refractivity contribution >= 4 is 17.9 Å². The van der Waals surface area contributed by atoms with Crippen LogP contribution in [0.5, 0.6) is 0 Å². The highest BCUT2D eigenvalue weighted by Crippen LogP contribution is 2.13. The van der Waals surface area contributed by atoms with Crippen molar-refractivity contribution in [2.45, 2.75) is 245 Å². The van der Waals surface area contributed by atoms with Crippen molar-refractivity contribution in [2.75, 3.05) is 13.2 Å². The third kappa shape index (κ3) is 51.2. The van der Waals surface area contributed by atoms with Crippen LogP contribution >= 0.6 is 0 Å². The van der Waals surface area contributed by atoms with E-state index < -0.39 is 6.10 Å². The molecule has 0 saturated heterocycles. The molecule has 0 heterocycles. The second-order valence-corrected chi connectivity index (χ2v) is 17.4. The third-order valence-electron chi connectivity index (χ3n) is 11.0. The van der Waals surface area contributed by atoms with Crippen LogP contribution in [0.1, 0.15) is 239 Å². The van der Waals surface area contributed by atoms with E-state index in [-0.39, 0.29) is 37.5 Å². The van der Waals surface area contributed by atoms with Gasteiger partial charge < -0.3 is 14.2 Å². The van der Waals surface area contributed by atoms with E-state index in [9.17, 15) is 14.4 Å². The molecular formula is C59H98O6. The molecular weight excluding hydrogens is 805 g/mol. The van der Waals surface area contributed by atoms with Gasteiger partial charge in [0.1, 0.15) is 13.2 Å². The van der Waals surface area contributed by atoms with Gasteiger partial charge in [0.2, 0.25) is 0 Å². The van der Waals surface area contributed by atoms with Crippen LogP contribution in [0.3, 0.4) is 0 Å². The maximum Gasteiger partial charge on any atom is 0.306 e. The van der Waals surface area contributed by atoms with E-state index >= 15 is 0 Å². The van der Waals surface area contributed by atoms with Crippen LogP contribution in [0, 0.1) is 0 Å². The first kappa shape index (κ1) is 61.3. The molecule has 1 atom stereocenters. The summed E-state index contributed by atoms with van der Waals surface area (Å²) in [4.78, 5) is 38.0. The second kappa shape index (κ2) is 52.9. The highest BCUT2D eigenvalue weighted by atomic mass is 16.6. The minimum Gasteiger partial charge on any atom is -0.462 e. The Hall–Kier alpha value is -3.67. The number of hydrogen-bond donors (Lipinski definition) is 0. The molecule has 0 amide bonds. The number of carbonyl (C=O) groups is 3. The SMILES string of the molecule is CC/C=C\C/C=C\C/C=C\CCCCCCCC(=O)O[C@@H](COC(=O)CCC/C=C\C/C=C\C/C=C\CCCCCCCC)COC(=O)CCCCCCC/C=C\C/C=C\CCCCC. The summed E-state index contributed by atoms with van der Waals surface area (Å²) in [5.74, 6) is -0.995. The first-order chi connectivity index (χ1) is 32.0. The fourth-order valence-corrected chi connectivity index (χ4v) is 7.03. The van der Waals surface area contributed by atoms with E-state index in [4.69, 9.17) is 14.2 Å². The fraction of sp³-hybridized carbons (Fsp3) is 0.678. The maximum absolute atomic E-state index is 12.8. The molecule has 0 N–H and O–H groups in total. The van der Waals surface area contributed by atoms with Crippen LogP contribution in [0.15, 0.2) is 97.2 Å². The van der Waals surface area contributed by atoms with Gasteiger partial charge in [-0.15, -0.1) is 0 Å². The molecule has 0 spiro atoms. The first-order valence-corrected chi connectivity index (χ1v) is 26.7. The van der Waals surface area contributed by atoms with E-state index in [1.165, 1.54) is 70.6 Å². The lowest BCUT2D eigenvalue weighted by Gasteiger charge is -2.18. The summed E-state index contributed by atoms with van der Waals surface area (Å²) in [6, 6.07) is 0. The van der Waals surface area contributed by atoms with Crippen LogP contribution in [-0.2, 0) is 28.6 Å². The predicted molar refractivity (Wildman–Crippen MR) is 279 cm³/mol. The minimum atomic E-state index is -0.813. The Morgan fingerprint density at radius 3 is 1.03 bits per heavy atom. The molecule has 0 rings (SSSR count). The van der Waals surface area contributed by atoms with E-state index in [1.807, 2.05) is 0 Å². The van der Waals surface area contributed by atoms with Crippen molar-refractivity contribution in [1.82, 2.24) is 0 Å². The quantitative estimate of drug-likeness (QED) is 0.0262.